The highest BCUT2D eigenvalue weighted by atomic mass is 32.1. The van der Waals surface area contributed by atoms with Crippen LogP contribution >= 0.6 is 11.3 Å². The molecule has 1 amide bonds. The number of carbonyl (C=O) groups is 1. The van der Waals surface area contributed by atoms with Crippen LogP contribution in [-0.4, -0.2) is 41.6 Å². The molecule has 164 valence electrons. The van der Waals surface area contributed by atoms with E-state index in [1.165, 1.54) is 0 Å². The van der Waals surface area contributed by atoms with Gasteiger partial charge in [-0.1, -0.05) is 0 Å². The molecule has 3 N–H and O–H groups in total. The third-order valence-electron chi connectivity index (χ3n) is 3.72. The van der Waals surface area contributed by atoms with E-state index < -0.39 is 0 Å². The Morgan fingerprint density at radius 1 is 1.23 bits per heavy atom. The molecule has 8 heteroatoms. The summed E-state index contributed by atoms with van der Waals surface area (Å²) in [4.78, 5) is 21.1. The van der Waals surface area contributed by atoms with Crippen molar-refractivity contribution in [1.29, 1.82) is 0 Å². The molecule has 0 atom stereocenters. The second kappa shape index (κ2) is 11.0. The fraction of sp³-hybridized carbons (Fsp3) is 0.500. The van der Waals surface area contributed by atoms with Crippen LogP contribution in [0.5, 0.6) is 5.75 Å². The molecule has 30 heavy (non-hydrogen) atoms. The van der Waals surface area contributed by atoms with Crippen LogP contribution in [0.15, 0.2) is 34.6 Å². The summed E-state index contributed by atoms with van der Waals surface area (Å²) in [6, 6.07) is 7.66. The van der Waals surface area contributed by atoms with Crippen molar-refractivity contribution in [3.8, 4) is 5.75 Å². The number of ether oxygens (including phenoxy) is 1. The van der Waals surface area contributed by atoms with E-state index in [2.05, 4.69) is 31.3 Å². The number of benzene rings is 1. The lowest BCUT2D eigenvalue weighted by molar-refractivity contribution is -0.121. The number of aromatic nitrogens is 1. The number of anilines is 1. The molecule has 0 aliphatic rings. The third-order valence-corrected chi connectivity index (χ3v) is 4.55. The van der Waals surface area contributed by atoms with Gasteiger partial charge in [-0.3, -0.25) is 4.79 Å². The van der Waals surface area contributed by atoms with Crippen molar-refractivity contribution in [3.63, 3.8) is 0 Å². The van der Waals surface area contributed by atoms with Crippen LogP contribution in [-0.2, 0) is 11.2 Å². The summed E-state index contributed by atoms with van der Waals surface area (Å²) < 4.78 is 5.68. The van der Waals surface area contributed by atoms with Gasteiger partial charge in [0.2, 0.25) is 5.91 Å². The summed E-state index contributed by atoms with van der Waals surface area (Å²) in [5, 5.41) is 12.6. The lowest BCUT2D eigenvalue weighted by atomic mass is 10.1. The highest BCUT2D eigenvalue weighted by Gasteiger charge is 2.13. The first-order chi connectivity index (χ1) is 14.1. The number of amides is 1. The molecule has 0 fully saturated rings. The maximum absolute atomic E-state index is 12.2. The van der Waals surface area contributed by atoms with Crippen molar-refractivity contribution < 1.29 is 9.53 Å². The fourth-order valence-electron chi connectivity index (χ4n) is 2.61. The van der Waals surface area contributed by atoms with E-state index in [9.17, 15) is 4.79 Å². The van der Waals surface area contributed by atoms with Gasteiger partial charge in [-0.05, 0) is 65.8 Å². The maximum Gasteiger partial charge on any atom is 0.242 e. The molecule has 0 unspecified atom stereocenters. The lowest BCUT2D eigenvalue weighted by Gasteiger charge is -2.20. The minimum Gasteiger partial charge on any atom is -0.491 e. The van der Waals surface area contributed by atoms with Crippen LogP contribution in [0, 0.1) is 6.92 Å². The summed E-state index contributed by atoms with van der Waals surface area (Å²) in [6.07, 6.45) is 0.902. The lowest BCUT2D eigenvalue weighted by Crippen LogP contribution is -2.42. The molecule has 2 aromatic rings. The molecular formula is C22H33N5O2S. The summed E-state index contributed by atoms with van der Waals surface area (Å²) >= 11 is 1.64. The summed E-state index contributed by atoms with van der Waals surface area (Å²) in [6.45, 7) is 12.5. The van der Waals surface area contributed by atoms with Crippen molar-refractivity contribution >= 4 is 28.9 Å². The number of hydrogen-bond donors (Lipinski definition) is 3. The van der Waals surface area contributed by atoms with Crippen LogP contribution in [0.3, 0.4) is 0 Å². The predicted octanol–water partition coefficient (Wildman–Crippen LogP) is 3.75. The van der Waals surface area contributed by atoms with Gasteiger partial charge in [-0.25, -0.2) is 9.98 Å². The smallest absolute Gasteiger partial charge is 0.242 e. The van der Waals surface area contributed by atoms with Gasteiger partial charge in [0.05, 0.1) is 16.8 Å². The Kier molecular flexibility index (Phi) is 8.65. The zero-order chi connectivity index (χ0) is 22.1. The topological polar surface area (TPSA) is 87.6 Å². The number of aliphatic imine (C=N–C) groups is 1. The number of guanidine groups is 1. The normalized spacial score (nSPS) is 12.0. The number of carbonyl (C=O) groups excluding carboxylic acids is 1. The minimum absolute atomic E-state index is 0.0386. The number of nitrogens with zero attached hydrogens (tertiary/aromatic N) is 2. The standard InChI is InChI=1S/C22H33N5O2S/c1-15(2)29-19-9-7-17(8-10-19)26-21(24-13-20(28)27-22(4,5)6)23-12-11-18-14-30-16(3)25-18/h7-10,14-15H,11-13H2,1-6H3,(H,27,28)(H2,23,24,26). The number of nitrogens with one attached hydrogen (secondary N) is 3. The first-order valence-electron chi connectivity index (χ1n) is 10.1. The zero-order valence-electron chi connectivity index (χ0n) is 18.7. The van der Waals surface area contributed by atoms with Crippen LogP contribution in [0.4, 0.5) is 5.69 Å². The van der Waals surface area contributed by atoms with Crippen molar-refractivity contribution in [1.82, 2.24) is 15.6 Å². The number of hydrogen-bond acceptors (Lipinski definition) is 5. The summed E-state index contributed by atoms with van der Waals surface area (Å²) in [5.74, 6) is 1.23. The maximum atomic E-state index is 12.2. The molecule has 0 aliphatic heterocycles. The van der Waals surface area contributed by atoms with Crippen LogP contribution in [0.2, 0.25) is 0 Å². The average Bonchev–Trinajstić information content (AvgIpc) is 3.04. The Labute approximate surface area is 183 Å². The molecule has 0 bridgehead atoms. The monoisotopic (exact) mass is 431 g/mol. The quantitative estimate of drug-likeness (QED) is 0.438. The van der Waals surface area contributed by atoms with Gasteiger partial charge in [0, 0.05) is 29.6 Å². The van der Waals surface area contributed by atoms with Crippen LogP contribution in [0.25, 0.3) is 0 Å². The first kappa shape index (κ1) is 23.7. The van der Waals surface area contributed by atoms with Gasteiger partial charge < -0.3 is 20.7 Å². The second-order valence-corrected chi connectivity index (χ2v) is 9.38. The Hall–Kier alpha value is -2.61. The van der Waals surface area contributed by atoms with Gasteiger partial charge in [-0.2, -0.15) is 0 Å². The molecule has 1 heterocycles. The molecule has 2 rings (SSSR count). The molecule has 0 saturated carbocycles. The van der Waals surface area contributed by atoms with Crippen molar-refractivity contribution in [2.24, 2.45) is 4.99 Å². The third kappa shape index (κ3) is 9.26. The number of thiazole rings is 1. The number of rotatable bonds is 8. The van der Waals surface area contributed by atoms with E-state index in [1.54, 1.807) is 11.3 Å². The summed E-state index contributed by atoms with van der Waals surface area (Å²) in [7, 11) is 0. The number of aryl methyl sites for hydroxylation is 1. The van der Waals surface area contributed by atoms with E-state index >= 15 is 0 Å². The van der Waals surface area contributed by atoms with E-state index in [0.29, 0.717) is 12.5 Å². The van der Waals surface area contributed by atoms with Crippen molar-refractivity contribution in [2.75, 3.05) is 18.4 Å². The van der Waals surface area contributed by atoms with Gasteiger partial charge in [-0.15, -0.1) is 11.3 Å². The van der Waals surface area contributed by atoms with E-state index in [-0.39, 0.29) is 24.1 Å². The van der Waals surface area contributed by atoms with Crippen molar-refractivity contribution in [3.05, 3.63) is 40.3 Å². The second-order valence-electron chi connectivity index (χ2n) is 8.31. The first-order valence-corrected chi connectivity index (χ1v) is 11.0. The minimum atomic E-state index is -0.289. The van der Waals surface area contributed by atoms with E-state index in [0.717, 1.165) is 28.6 Å². The van der Waals surface area contributed by atoms with Crippen LogP contribution in [0.1, 0.15) is 45.3 Å². The van der Waals surface area contributed by atoms with Gasteiger partial charge in [0.25, 0.3) is 0 Å². The Morgan fingerprint density at radius 3 is 2.50 bits per heavy atom. The van der Waals surface area contributed by atoms with Gasteiger partial charge >= 0.3 is 0 Å². The van der Waals surface area contributed by atoms with Crippen LogP contribution < -0.4 is 20.7 Å². The molecule has 1 aromatic carbocycles. The highest BCUT2D eigenvalue weighted by Crippen LogP contribution is 2.17. The SMILES string of the molecule is Cc1nc(CCNC(=NCC(=O)NC(C)(C)C)Nc2ccc(OC(C)C)cc2)cs1. The molecule has 0 saturated heterocycles. The Bertz CT molecular complexity index is 838. The Morgan fingerprint density at radius 2 is 1.93 bits per heavy atom. The zero-order valence-corrected chi connectivity index (χ0v) is 19.5. The van der Waals surface area contributed by atoms with E-state index in [4.69, 9.17) is 4.74 Å². The average molecular weight is 432 g/mol. The fourth-order valence-corrected chi connectivity index (χ4v) is 3.25. The molecular weight excluding hydrogens is 398 g/mol. The van der Waals surface area contributed by atoms with E-state index in [1.807, 2.05) is 65.8 Å². The van der Waals surface area contributed by atoms with Gasteiger partial charge in [0.1, 0.15) is 12.3 Å². The highest BCUT2D eigenvalue weighted by molar-refractivity contribution is 7.09. The van der Waals surface area contributed by atoms with Gasteiger partial charge in [0.15, 0.2) is 5.96 Å². The predicted molar refractivity (Wildman–Crippen MR) is 125 cm³/mol. The largest absolute Gasteiger partial charge is 0.491 e. The Balaban J connectivity index is 2.01. The van der Waals surface area contributed by atoms with Crippen molar-refractivity contribution in [2.45, 2.75) is 59.6 Å². The molecule has 7 nitrogen and oxygen atoms in total. The molecule has 0 spiro atoms. The molecule has 0 aliphatic carbocycles. The summed E-state index contributed by atoms with van der Waals surface area (Å²) in [5.41, 5.74) is 1.62. The molecule has 0 radical (unpaired) electrons. The molecule has 1 aromatic heterocycles.